The van der Waals surface area contributed by atoms with E-state index in [0.717, 1.165) is 18.4 Å². The molecular formula is C27H30N6O3. The smallest absolute Gasteiger partial charge is 0.256 e. The lowest BCUT2D eigenvalue weighted by Gasteiger charge is -2.34. The van der Waals surface area contributed by atoms with Gasteiger partial charge in [0.25, 0.3) is 11.8 Å². The van der Waals surface area contributed by atoms with Crippen molar-refractivity contribution in [3.8, 4) is 11.8 Å². The quantitative estimate of drug-likeness (QED) is 0.548. The highest BCUT2D eigenvalue weighted by Crippen LogP contribution is 2.22. The topological polar surface area (TPSA) is 113 Å². The monoisotopic (exact) mass is 486 g/mol. The minimum absolute atomic E-state index is 0.0343. The third-order valence-corrected chi connectivity index (χ3v) is 5.99. The van der Waals surface area contributed by atoms with Gasteiger partial charge < -0.3 is 15.0 Å². The third kappa shape index (κ3) is 5.96. The summed E-state index contributed by atoms with van der Waals surface area (Å²) in [6, 6.07) is 14.2. The number of ether oxygens (including phenoxy) is 1. The number of hydrogen-bond acceptors (Lipinski definition) is 6. The van der Waals surface area contributed by atoms with E-state index in [0.29, 0.717) is 41.2 Å². The number of carbonyl (C=O) groups is 2. The highest BCUT2D eigenvalue weighted by molar-refractivity contribution is 5.98. The maximum atomic E-state index is 13.5. The Morgan fingerprint density at radius 3 is 2.86 bits per heavy atom. The number of aryl methyl sites for hydroxylation is 1. The zero-order chi connectivity index (χ0) is 25.7. The van der Waals surface area contributed by atoms with E-state index in [1.165, 1.54) is 6.07 Å². The fourth-order valence-corrected chi connectivity index (χ4v) is 4.30. The lowest BCUT2D eigenvalue weighted by molar-refractivity contribution is -0.0287. The minimum atomic E-state index is -0.309. The summed E-state index contributed by atoms with van der Waals surface area (Å²) in [5.74, 6) is -0.374. The van der Waals surface area contributed by atoms with Crippen LogP contribution in [0.1, 0.15) is 64.2 Å². The number of carbonyl (C=O) groups excluding carboxylic acids is 2. The molecule has 1 fully saturated rings. The zero-order valence-corrected chi connectivity index (χ0v) is 20.8. The number of likely N-dealkylation sites (tertiary alicyclic amines) is 1. The number of nitriles is 1. The minimum Gasteiger partial charge on any atom is -0.374 e. The SMILES string of the molecule is Cc1ccc(C(=O)N2CCCC(OC(C)C)C2)c(-n2cc(CNC(=O)c3cccc(C#N)c3)nn2)c1. The number of nitrogens with zero attached hydrogens (tertiary/aromatic N) is 5. The first kappa shape index (κ1) is 25.1. The zero-order valence-electron chi connectivity index (χ0n) is 20.8. The number of amides is 2. The van der Waals surface area contributed by atoms with Crippen molar-refractivity contribution in [3.63, 3.8) is 0 Å². The van der Waals surface area contributed by atoms with Crippen molar-refractivity contribution in [3.05, 3.63) is 76.6 Å². The molecule has 1 aliphatic rings. The summed E-state index contributed by atoms with van der Waals surface area (Å²) in [6.45, 7) is 7.38. The van der Waals surface area contributed by atoms with Crippen LogP contribution in [-0.2, 0) is 11.3 Å². The van der Waals surface area contributed by atoms with Gasteiger partial charge in [-0.2, -0.15) is 5.26 Å². The van der Waals surface area contributed by atoms with Crippen LogP contribution in [0, 0.1) is 18.3 Å². The second-order valence-corrected chi connectivity index (χ2v) is 9.25. The lowest BCUT2D eigenvalue weighted by Crippen LogP contribution is -2.44. The molecule has 1 saturated heterocycles. The van der Waals surface area contributed by atoms with Crippen LogP contribution >= 0.6 is 0 Å². The van der Waals surface area contributed by atoms with Crippen LogP contribution in [0.5, 0.6) is 0 Å². The van der Waals surface area contributed by atoms with Crippen LogP contribution in [0.4, 0.5) is 0 Å². The Labute approximate surface area is 210 Å². The van der Waals surface area contributed by atoms with Crippen molar-refractivity contribution >= 4 is 11.8 Å². The number of hydrogen-bond donors (Lipinski definition) is 1. The van der Waals surface area contributed by atoms with E-state index in [-0.39, 0.29) is 30.6 Å². The van der Waals surface area contributed by atoms with Gasteiger partial charge in [-0.25, -0.2) is 4.68 Å². The molecule has 0 radical (unpaired) electrons. The number of benzene rings is 2. The predicted molar refractivity (Wildman–Crippen MR) is 134 cm³/mol. The standard InChI is InChI=1S/C27H30N6O3/c1-18(2)36-23-8-5-11-32(17-23)27(35)24-10-9-19(3)12-25(24)33-16-22(30-31-33)15-29-26(34)21-7-4-6-20(13-21)14-28/h4,6-7,9-10,12-13,16,18,23H,5,8,11,15,17H2,1-3H3,(H,29,34). The van der Waals surface area contributed by atoms with Gasteiger partial charge in [-0.3, -0.25) is 9.59 Å². The van der Waals surface area contributed by atoms with Crippen molar-refractivity contribution in [2.75, 3.05) is 13.1 Å². The molecule has 1 atom stereocenters. The summed E-state index contributed by atoms with van der Waals surface area (Å²) >= 11 is 0. The van der Waals surface area contributed by atoms with Gasteiger partial charge >= 0.3 is 0 Å². The largest absolute Gasteiger partial charge is 0.374 e. The lowest BCUT2D eigenvalue weighted by atomic mass is 10.0. The molecule has 0 saturated carbocycles. The van der Waals surface area contributed by atoms with Crippen LogP contribution < -0.4 is 5.32 Å². The van der Waals surface area contributed by atoms with E-state index in [1.54, 1.807) is 29.1 Å². The van der Waals surface area contributed by atoms with Crippen LogP contribution in [0.25, 0.3) is 5.69 Å². The molecule has 36 heavy (non-hydrogen) atoms. The van der Waals surface area contributed by atoms with Gasteiger partial charge in [-0.05, 0) is 69.5 Å². The van der Waals surface area contributed by atoms with Gasteiger partial charge in [0, 0.05) is 18.7 Å². The molecule has 186 valence electrons. The van der Waals surface area contributed by atoms with Crippen LogP contribution in [0.2, 0.25) is 0 Å². The summed E-state index contributed by atoms with van der Waals surface area (Å²) < 4.78 is 7.54. The van der Waals surface area contributed by atoms with Crippen molar-refractivity contribution < 1.29 is 14.3 Å². The summed E-state index contributed by atoms with van der Waals surface area (Å²) in [4.78, 5) is 27.8. The molecule has 2 aromatic carbocycles. The maximum absolute atomic E-state index is 13.5. The second-order valence-electron chi connectivity index (χ2n) is 9.25. The third-order valence-electron chi connectivity index (χ3n) is 5.99. The molecule has 0 bridgehead atoms. The summed E-state index contributed by atoms with van der Waals surface area (Å²) in [7, 11) is 0. The number of aromatic nitrogens is 3. The molecule has 0 spiro atoms. The molecule has 4 rings (SSSR count). The average molecular weight is 487 g/mol. The van der Waals surface area contributed by atoms with E-state index in [2.05, 4.69) is 15.6 Å². The molecule has 1 N–H and O–H groups in total. The van der Waals surface area contributed by atoms with Gasteiger partial charge in [0.2, 0.25) is 0 Å². The van der Waals surface area contributed by atoms with Gasteiger partial charge in [0.05, 0.1) is 47.8 Å². The van der Waals surface area contributed by atoms with Gasteiger partial charge in [-0.15, -0.1) is 5.10 Å². The number of piperidine rings is 1. The molecule has 3 aromatic rings. The van der Waals surface area contributed by atoms with Gasteiger partial charge in [0.15, 0.2) is 0 Å². The highest BCUT2D eigenvalue weighted by atomic mass is 16.5. The van der Waals surface area contributed by atoms with E-state index in [1.807, 2.05) is 49.9 Å². The van der Waals surface area contributed by atoms with E-state index >= 15 is 0 Å². The summed E-state index contributed by atoms with van der Waals surface area (Å²) in [6.07, 6.45) is 3.70. The van der Waals surface area contributed by atoms with Crippen LogP contribution in [0.3, 0.4) is 0 Å². The first-order valence-corrected chi connectivity index (χ1v) is 12.1. The van der Waals surface area contributed by atoms with Crippen LogP contribution in [-0.4, -0.2) is 57.0 Å². The summed E-state index contributed by atoms with van der Waals surface area (Å²) in [5.41, 5.74) is 3.53. The van der Waals surface area contributed by atoms with Crippen molar-refractivity contribution in [1.29, 1.82) is 5.26 Å². The first-order chi connectivity index (χ1) is 17.3. The Morgan fingerprint density at radius 2 is 2.08 bits per heavy atom. The molecule has 0 aliphatic carbocycles. The normalized spacial score (nSPS) is 15.5. The van der Waals surface area contributed by atoms with Gasteiger partial charge in [0.1, 0.15) is 5.69 Å². The Morgan fingerprint density at radius 1 is 1.25 bits per heavy atom. The number of nitrogens with one attached hydrogen (secondary N) is 1. The highest BCUT2D eigenvalue weighted by Gasteiger charge is 2.27. The van der Waals surface area contributed by atoms with E-state index in [4.69, 9.17) is 10.00 Å². The molecule has 1 unspecified atom stereocenters. The fraction of sp³-hybridized carbons (Fsp3) is 0.370. The Balaban J connectivity index is 1.49. The molecule has 1 aliphatic heterocycles. The average Bonchev–Trinajstić information content (AvgIpc) is 3.35. The van der Waals surface area contributed by atoms with E-state index in [9.17, 15) is 9.59 Å². The molecule has 2 amide bonds. The summed E-state index contributed by atoms with van der Waals surface area (Å²) in [5, 5.41) is 20.2. The molecule has 9 heteroatoms. The van der Waals surface area contributed by atoms with Crippen molar-refractivity contribution in [2.45, 2.75) is 52.4 Å². The molecular weight excluding hydrogens is 456 g/mol. The first-order valence-electron chi connectivity index (χ1n) is 12.1. The maximum Gasteiger partial charge on any atom is 0.256 e. The van der Waals surface area contributed by atoms with Gasteiger partial charge in [-0.1, -0.05) is 17.3 Å². The molecule has 1 aromatic heterocycles. The van der Waals surface area contributed by atoms with E-state index < -0.39 is 0 Å². The Kier molecular flexibility index (Phi) is 7.76. The van der Waals surface area contributed by atoms with Crippen molar-refractivity contribution in [2.24, 2.45) is 0 Å². The Hall–Kier alpha value is -4.03. The fourth-order valence-electron chi connectivity index (χ4n) is 4.30. The predicted octanol–water partition coefficient (Wildman–Crippen LogP) is 3.41. The van der Waals surface area contributed by atoms with Crippen molar-refractivity contribution in [1.82, 2.24) is 25.2 Å². The Bertz CT molecular complexity index is 1290. The van der Waals surface area contributed by atoms with Crippen LogP contribution in [0.15, 0.2) is 48.7 Å². The molecule has 2 heterocycles. The second kappa shape index (κ2) is 11.1. The number of rotatable bonds is 7. The molecule has 9 nitrogen and oxygen atoms in total.